The lowest BCUT2D eigenvalue weighted by molar-refractivity contribution is 0.118. The minimum atomic E-state index is 0.427. The smallest absolute Gasteiger partial charge is 0.0399 e. The number of fused-ring (bicyclic) bond motifs is 1. The number of anilines is 1. The van der Waals surface area contributed by atoms with Gasteiger partial charge in [-0.1, -0.05) is 38.5 Å². The lowest BCUT2D eigenvalue weighted by atomic mass is 9.68. The minimum absolute atomic E-state index is 0.427. The number of benzene rings is 1. The quantitative estimate of drug-likeness (QED) is 0.906. The van der Waals surface area contributed by atoms with Crippen LogP contribution in [0.15, 0.2) is 24.3 Å². The van der Waals surface area contributed by atoms with Crippen molar-refractivity contribution in [3.05, 3.63) is 29.8 Å². The van der Waals surface area contributed by atoms with Crippen LogP contribution in [0.25, 0.3) is 0 Å². The van der Waals surface area contributed by atoms with Crippen LogP contribution in [0.5, 0.6) is 0 Å². The molecule has 110 valence electrons. The molecule has 1 heterocycles. The van der Waals surface area contributed by atoms with E-state index in [0.717, 1.165) is 5.92 Å². The molecule has 0 saturated heterocycles. The highest BCUT2D eigenvalue weighted by Crippen LogP contribution is 2.40. The number of para-hydroxylation sites is 1. The van der Waals surface area contributed by atoms with E-state index < -0.39 is 0 Å². The van der Waals surface area contributed by atoms with Gasteiger partial charge >= 0.3 is 0 Å². The van der Waals surface area contributed by atoms with Crippen molar-refractivity contribution in [3.63, 3.8) is 0 Å². The zero-order valence-corrected chi connectivity index (χ0v) is 13.2. The Hall–Kier alpha value is -1.02. The molecule has 0 amide bonds. The molecule has 0 spiro atoms. The molecule has 1 N–H and O–H groups in total. The third-order valence-corrected chi connectivity index (χ3v) is 5.46. The molecule has 0 bridgehead atoms. The van der Waals surface area contributed by atoms with E-state index in [0.29, 0.717) is 11.5 Å². The second kappa shape index (κ2) is 5.40. The molecule has 2 atom stereocenters. The van der Waals surface area contributed by atoms with E-state index in [1.54, 1.807) is 0 Å². The molecule has 1 aromatic carbocycles. The van der Waals surface area contributed by atoms with E-state index in [4.69, 9.17) is 0 Å². The molecule has 3 rings (SSSR count). The van der Waals surface area contributed by atoms with Gasteiger partial charge in [-0.15, -0.1) is 0 Å². The summed E-state index contributed by atoms with van der Waals surface area (Å²) in [6, 6.07) is 9.57. The summed E-state index contributed by atoms with van der Waals surface area (Å²) in [5.74, 6) is 0.773. The number of rotatable bonds is 3. The van der Waals surface area contributed by atoms with Crippen LogP contribution in [0.4, 0.5) is 5.69 Å². The Morgan fingerprint density at radius 1 is 1.30 bits per heavy atom. The van der Waals surface area contributed by atoms with Crippen molar-refractivity contribution in [1.29, 1.82) is 0 Å². The van der Waals surface area contributed by atoms with Gasteiger partial charge in [0.15, 0.2) is 0 Å². The Morgan fingerprint density at radius 2 is 2.10 bits per heavy atom. The highest BCUT2D eigenvalue weighted by molar-refractivity contribution is 5.57. The first kappa shape index (κ1) is 13.9. The average Bonchev–Trinajstić information content (AvgIpc) is 2.82. The monoisotopic (exact) mass is 272 g/mol. The van der Waals surface area contributed by atoms with Gasteiger partial charge in [-0.3, -0.25) is 0 Å². The number of hydrogen-bond acceptors (Lipinski definition) is 2. The van der Waals surface area contributed by atoms with Gasteiger partial charge in [-0.2, -0.15) is 0 Å². The van der Waals surface area contributed by atoms with Crippen LogP contribution < -0.4 is 10.2 Å². The second-order valence-corrected chi connectivity index (χ2v) is 7.23. The van der Waals surface area contributed by atoms with Crippen LogP contribution in [-0.2, 0) is 6.42 Å². The Labute approximate surface area is 123 Å². The predicted molar refractivity (Wildman–Crippen MR) is 86.3 cm³/mol. The molecule has 1 aliphatic carbocycles. The molecule has 1 saturated carbocycles. The number of nitrogens with one attached hydrogen (secondary N) is 1. The standard InChI is InChI=1S/C18H28N2/c1-18(2)11-6-8-15(17(18)19-3)13-20-12-10-14-7-4-5-9-16(14)20/h4-5,7,9,15,17,19H,6,8,10-13H2,1-3H3. The molecule has 1 aliphatic heterocycles. The van der Waals surface area contributed by atoms with Crippen LogP contribution in [0, 0.1) is 11.3 Å². The zero-order chi connectivity index (χ0) is 14.2. The van der Waals surface area contributed by atoms with E-state index in [9.17, 15) is 0 Å². The topological polar surface area (TPSA) is 15.3 Å². The Morgan fingerprint density at radius 3 is 2.90 bits per heavy atom. The molecular formula is C18H28N2. The maximum atomic E-state index is 3.62. The summed E-state index contributed by atoms with van der Waals surface area (Å²) in [6.07, 6.45) is 5.32. The van der Waals surface area contributed by atoms with E-state index in [1.807, 2.05) is 0 Å². The van der Waals surface area contributed by atoms with Crippen molar-refractivity contribution in [2.45, 2.75) is 45.6 Å². The fraction of sp³-hybridized carbons (Fsp3) is 0.667. The lowest BCUT2D eigenvalue weighted by Crippen LogP contribution is -2.51. The highest BCUT2D eigenvalue weighted by Gasteiger charge is 2.39. The molecule has 2 nitrogen and oxygen atoms in total. The summed E-state index contributed by atoms with van der Waals surface area (Å²) < 4.78 is 0. The highest BCUT2D eigenvalue weighted by atomic mass is 15.2. The second-order valence-electron chi connectivity index (χ2n) is 7.23. The van der Waals surface area contributed by atoms with Gasteiger partial charge in [-0.05, 0) is 49.3 Å². The molecule has 0 radical (unpaired) electrons. The first-order valence-electron chi connectivity index (χ1n) is 8.12. The van der Waals surface area contributed by atoms with E-state index in [2.05, 4.69) is 55.4 Å². The number of hydrogen-bond donors (Lipinski definition) is 1. The van der Waals surface area contributed by atoms with Gasteiger partial charge < -0.3 is 10.2 Å². The summed E-state index contributed by atoms with van der Waals surface area (Å²) in [6.45, 7) is 7.27. The molecule has 20 heavy (non-hydrogen) atoms. The zero-order valence-electron chi connectivity index (χ0n) is 13.2. The van der Waals surface area contributed by atoms with Gasteiger partial charge in [0.2, 0.25) is 0 Å². The van der Waals surface area contributed by atoms with Crippen molar-refractivity contribution >= 4 is 5.69 Å². The third-order valence-electron chi connectivity index (χ3n) is 5.46. The summed E-state index contributed by atoms with van der Waals surface area (Å²) in [5.41, 5.74) is 3.44. The maximum absolute atomic E-state index is 3.62. The molecular weight excluding hydrogens is 244 g/mol. The van der Waals surface area contributed by atoms with Crippen LogP contribution in [0.3, 0.4) is 0 Å². The van der Waals surface area contributed by atoms with Crippen LogP contribution in [0.2, 0.25) is 0 Å². The summed E-state index contributed by atoms with van der Waals surface area (Å²) >= 11 is 0. The first-order chi connectivity index (χ1) is 9.62. The van der Waals surface area contributed by atoms with Gasteiger partial charge in [0.1, 0.15) is 0 Å². The third kappa shape index (κ3) is 2.46. The SMILES string of the molecule is CNC1C(CN2CCc3ccccc32)CCCC1(C)C. The van der Waals surface area contributed by atoms with Crippen LogP contribution in [-0.4, -0.2) is 26.2 Å². The minimum Gasteiger partial charge on any atom is -0.371 e. The Balaban J connectivity index is 1.75. The molecule has 2 heteroatoms. The molecule has 1 fully saturated rings. The molecule has 1 aromatic rings. The summed E-state index contributed by atoms with van der Waals surface area (Å²) in [7, 11) is 2.14. The van der Waals surface area contributed by atoms with E-state index in [-0.39, 0.29) is 0 Å². The van der Waals surface area contributed by atoms with Gasteiger partial charge in [0.25, 0.3) is 0 Å². The van der Waals surface area contributed by atoms with Gasteiger partial charge in [-0.25, -0.2) is 0 Å². The fourth-order valence-electron chi connectivity index (χ4n) is 4.48. The molecule has 2 aliphatic rings. The molecule has 0 aromatic heterocycles. The van der Waals surface area contributed by atoms with Crippen LogP contribution >= 0.6 is 0 Å². The van der Waals surface area contributed by atoms with Gasteiger partial charge in [0, 0.05) is 24.8 Å². The number of nitrogens with zero attached hydrogens (tertiary/aromatic N) is 1. The normalized spacial score (nSPS) is 28.4. The lowest BCUT2D eigenvalue weighted by Gasteiger charge is -2.45. The first-order valence-corrected chi connectivity index (χ1v) is 8.12. The van der Waals surface area contributed by atoms with Crippen molar-refractivity contribution in [3.8, 4) is 0 Å². The van der Waals surface area contributed by atoms with Crippen molar-refractivity contribution in [2.75, 3.05) is 25.0 Å². The Bertz CT molecular complexity index is 466. The Kier molecular flexibility index (Phi) is 3.76. The van der Waals surface area contributed by atoms with E-state index >= 15 is 0 Å². The molecule has 2 unspecified atom stereocenters. The fourth-order valence-corrected chi connectivity index (χ4v) is 4.48. The average molecular weight is 272 g/mol. The van der Waals surface area contributed by atoms with Crippen molar-refractivity contribution in [2.24, 2.45) is 11.3 Å². The van der Waals surface area contributed by atoms with Crippen molar-refractivity contribution in [1.82, 2.24) is 5.32 Å². The van der Waals surface area contributed by atoms with Gasteiger partial charge in [0.05, 0.1) is 0 Å². The van der Waals surface area contributed by atoms with E-state index in [1.165, 1.54) is 50.0 Å². The summed E-state index contributed by atoms with van der Waals surface area (Å²) in [4.78, 5) is 2.62. The van der Waals surface area contributed by atoms with Crippen molar-refractivity contribution < 1.29 is 0 Å². The maximum Gasteiger partial charge on any atom is 0.0399 e. The summed E-state index contributed by atoms with van der Waals surface area (Å²) in [5, 5.41) is 3.62. The largest absolute Gasteiger partial charge is 0.371 e. The predicted octanol–water partition coefficient (Wildman–Crippen LogP) is 3.46. The van der Waals surface area contributed by atoms with Crippen LogP contribution in [0.1, 0.15) is 38.7 Å².